The number of fused-ring (bicyclic) bond motifs is 1. The number of hydrogen-bond donors (Lipinski definition) is 1. The molecular weight excluding hydrogens is 338 g/mol. The summed E-state index contributed by atoms with van der Waals surface area (Å²) in [6.45, 7) is 8.29. The largest absolute Gasteiger partial charge is 0.355 e. The fourth-order valence-corrected chi connectivity index (χ4v) is 4.61. The van der Waals surface area contributed by atoms with Crippen LogP contribution in [0.15, 0.2) is 42.7 Å². The molecule has 3 heterocycles. The number of benzene rings is 1. The quantitative estimate of drug-likeness (QED) is 0.882. The highest BCUT2D eigenvalue weighted by Crippen LogP contribution is 2.45. The molecule has 1 amide bonds. The number of hydrogen-bond acceptors (Lipinski definition) is 5. The van der Waals surface area contributed by atoms with Gasteiger partial charge in [0.15, 0.2) is 0 Å². The van der Waals surface area contributed by atoms with E-state index in [-0.39, 0.29) is 11.9 Å². The fourth-order valence-electron chi connectivity index (χ4n) is 4.61. The number of carbonyl (C=O) groups is 1. The minimum absolute atomic E-state index is 0.178. The first-order valence-corrected chi connectivity index (χ1v) is 9.75. The Morgan fingerprint density at radius 3 is 2.56 bits per heavy atom. The van der Waals surface area contributed by atoms with Crippen LogP contribution in [0, 0.1) is 11.8 Å². The van der Waals surface area contributed by atoms with E-state index in [9.17, 15) is 4.79 Å². The molecule has 27 heavy (non-hydrogen) atoms. The van der Waals surface area contributed by atoms with Gasteiger partial charge in [0.1, 0.15) is 0 Å². The first kappa shape index (κ1) is 17.9. The third-order valence-corrected chi connectivity index (χ3v) is 5.73. The Balaban J connectivity index is 1.47. The van der Waals surface area contributed by atoms with Crippen LogP contribution in [-0.4, -0.2) is 51.9 Å². The van der Waals surface area contributed by atoms with E-state index in [2.05, 4.69) is 49.4 Å². The van der Waals surface area contributed by atoms with Gasteiger partial charge in [0.25, 0.3) is 0 Å². The van der Waals surface area contributed by atoms with Gasteiger partial charge in [-0.3, -0.25) is 9.69 Å². The average Bonchev–Trinajstić information content (AvgIpc) is 3.21. The monoisotopic (exact) mass is 365 g/mol. The number of carbonyl (C=O) groups excluding carboxylic acids is 1. The molecule has 0 spiro atoms. The highest BCUT2D eigenvalue weighted by atomic mass is 16.2. The predicted molar refractivity (Wildman–Crippen MR) is 105 cm³/mol. The summed E-state index contributed by atoms with van der Waals surface area (Å²) in [4.78, 5) is 25.5. The van der Waals surface area contributed by atoms with Crippen LogP contribution < -0.4 is 5.32 Å². The number of anilines is 1. The molecule has 2 aliphatic heterocycles. The van der Waals surface area contributed by atoms with E-state index in [0.29, 0.717) is 17.8 Å². The van der Waals surface area contributed by atoms with Gasteiger partial charge in [0, 0.05) is 63.5 Å². The molecule has 2 saturated heterocycles. The molecule has 0 bridgehead atoms. The van der Waals surface area contributed by atoms with Gasteiger partial charge < -0.3 is 10.2 Å². The SMILES string of the molecule is CCNc1ncc(CN2C[C@@H]3CN(C(C)=O)[C@@H](c4ccccc4)[C@@H]3C2)cn1. The summed E-state index contributed by atoms with van der Waals surface area (Å²) < 4.78 is 0. The van der Waals surface area contributed by atoms with Crippen LogP contribution in [0.1, 0.15) is 31.0 Å². The highest BCUT2D eigenvalue weighted by Gasteiger charge is 2.48. The molecule has 3 atom stereocenters. The topological polar surface area (TPSA) is 61.4 Å². The lowest BCUT2D eigenvalue weighted by Gasteiger charge is -2.29. The molecule has 1 aromatic heterocycles. The van der Waals surface area contributed by atoms with Crippen LogP contribution in [0.2, 0.25) is 0 Å². The molecule has 0 radical (unpaired) electrons. The number of likely N-dealkylation sites (tertiary alicyclic amines) is 2. The highest BCUT2D eigenvalue weighted by molar-refractivity contribution is 5.74. The van der Waals surface area contributed by atoms with Crippen LogP contribution in [0.3, 0.4) is 0 Å². The van der Waals surface area contributed by atoms with Gasteiger partial charge in [-0.2, -0.15) is 0 Å². The van der Waals surface area contributed by atoms with Crippen LogP contribution >= 0.6 is 0 Å². The Hall–Kier alpha value is -2.47. The zero-order valence-electron chi connectivity index (χ0n) is 16.0. The first-order valence-electron chi connectivity index (χ1n) is 9.75. The Labute approximate surface area is 160 Å². The van der Waals surface area contributed by atoms with Gasteiger partial charge in [-0.25, -0.2) is 9.97 Å². The summed E-state index contributed by atoms with van der Waals surface area (Å²) >= 11 is 0. The molecule has 2 aromatic rings. The molecule has 142 valence electrons. The molecule has 2 aliphatic rings. The van der Waals surface area contributed by atoms with Crippen molar-refractivity contribution < 1.29 is 4.79 Å². The molecular formula is C21H27N5O. The standard InChI is InChI=1S/C21H27N5O/c1-3-22-21-23-9-16(10-24-21)11-25-12-18-13-26(15(2)27)20(19(18)14-25)17-7-5-4-6-8-17/h4-10,18-20H,3,11-14H2,1-2H3,(H,22,23,24)/t18-,19-,20+/m1/s1. The number of nitrogens with zero attached hydrogens (tertiary/aromatic N) is 4. The molecule has 6 heteroatoms. The van der Waals surface area contributed by atoms with Crippen molar-refractivity contribution in [3.63, 3.8) is 0 Å². The van der Waals surface area contributed by atoms with Gasteiger partial charge in [-0.05, 0) is 18.4 Å². The first-order chi connectivity index (χ1) is 13.2. The Bertz CT molecular complexity index is 779. The summed E-state index contributed by atoms with van der Waals surface area (Å²) in [5.41, 5.74) is 2.39. The molecule has 2 fully saturated rings. The molecule has 4 rings (SSSR count). The summed E-state index contributed by atoms with van der Waals surface area (Å²) in [6, 6.07) is 10.7. The molecule has 6 nitrogen and oxygen atoms in total. The van der Waals surface area contributed by atoms with E-state index in [1.54, 1.807) is 6.92 Å². The van der Waals surface area contributed by atoms with Crippen molar-refractivity contribution in [1.29, 1.82) is 0 Å². The Morgan fingerprint density at radius 1 is 1.15 bits per heavy atom. The van der Waals surface area contributed by atoms with Crippen LogP contribution in [0.4, 0.5) is 5.95 Å². The lowest BCUT2D eigenvalue weighted by Crippen LogP contribution is -2.34. The summed E-state index contributed by atoms with van der Waals surface area (Å²) in [5, 5.41) is 3.13. The minimum atomic E-state index is 0.178. The Kier molecular flexibility index (Phi) is 5.07. The normalized spacial score (nSPS) is 24.8. The maximum atomic E-state index is 12.2. The van der Waals surface area contributed by atoms with Gasteiger partial charge in [0.05, 0.1) is 6.04 Å². The number of amides is 1. The van der Waals surface area contributed by atoms with Gasteiger partial charge in [-0.1, -0.05) is 30.3 Å². The minimum Gasteiger partial charge on any atom is -0.355 e. The van der Waals surface area contributed by atoms with Gasteiger partial charge in [-0.15, -0.1) is 0 Å². The van der Waals surface area contributed by atoms with E-state index >= 15 is 0 Å². The van der Waals surface area contributed by atoms with E-state index in [4.69, 9.17) is 0 Å². The molecule has 1 N–H and O–H groups in total. The summed E-state index contributed by atoms with van der Waals surface area (Å²) in [7, 11) is 0. The average molecular weight is 365 g/mol. The van der Waals surface area contributed by atoms with E-state index in [1.165, 1.54) is 5.56 Å². The number of nitrogens with one attached hydrogen (secondary N) is 1. The second-order valence-corrected chi connectivity index (χ2v) is 7.59. The second-order valence-electron chi connectivity index (χ2n) is 7.59. The van der Waals surface area contributed by atoms with Crippen molar-refractivity contribution >= 4 is 11.9 Å². The smallest absolute Gasteiger partial charge is 0.222 e. The lowest BCUT2D eigenvalue weighted by molar-refractivity contribution is -0.130. The van der Waals surface area contributed by atoms with E-state index < -0.39 is 0 Å². The summed E-state index contributed by atoms with van der Waals surface area (Å²) in [5.74, 6) is 1.87. The molecule has 0 unspecified atom stereocenters. The zero-order chi connectivity index (χ0) is 18.8. The second kappa shape index (κ2) is 7.64. The summed E-state index contributed by atoms with van der Waals surface area (Å²) in [6.07, 6.45) is 3.82. The number of rotatable bonds is 5. The van der Waals surface area contributed by atoms with E-state index in [0.717, 1.165) is 38.3 Å². The maximum Gasteiger partial charge on any atom is 0.222 e. The fraction of sp³-hybridized carbons (Fsp3) is 0.476. The molecule has 1 aromatic carbocycles. The molecule has 0 aliphatic carbocycles. The van der Waals surface area contributed by atoms with Crippen molar-refractivity contribution in [3.8, 4) is 0 Å². The van der Waals surface area contributed by atoms with Crippen molar-refractivity contribution in [2.24, 2.45) is 11.8 Å². The third-order valence-electron chi connectivity index (χ3n) is 5.73. The van der Waals surface area contributed by atoms with Crippen LogP contribution in [-0.2, 0) is 11.3 Å². The van der Waals surface area contributed by atoms with Crippen molar-refractivity contribution in [1.82, 2.24) is 19.8 Å². The third kappa shape index (κ3) is 3.67. The lowest BCUT2D eigenvalue weighted by atomic mass is 9.89. The van der Waals surface area contributed by atoms with Gasteiger partial charge >= 0.3 is 0 Å². The maximum absolute atomic E-state index is 12.2. The van der Waals surface area contributed by atoms with Crippen molar-refractivity contribution in [2.75, 3.05) is 31.5 Å². The van der Waals surface area contributed by atoms with Crippen molar-refractivity contribution in [2.45, 2.75) is 26.4 Å². The van der Waals surface area contributed by atoms with Crippen molar-refractivity contribution in [3.05, 3.63) is 53.9 Å². The molecule has 0 saturated carbocycles. The Morgan fingerprint density at radius 2 is 1.89 bits per heavy atom. The van der Waals surface area contributed by atoms with Gasteiger partial charge in [0.2, 0.25) is 11.9 Å². The predicted octanol–water partition coefficient (Wildman–Crippen LogP) is 2.56. The van der Waals surface area contributed by atoms with E-state index in [1.807, 2.05) is 25.4 Å². The van der Waals surface area contributed by atoms with Crippen LogP contribution in [0.25, 0.3) is 0 Å². The zero-order valence-corrected chi connectivity index (χ0v) is 16.0. The van der Waals surface area contributed by atoms with Crippen LogP contribution in [0.5, 0.6) is 0 Å². The number of aromatic nitrogens is 2.